The van der Waals surface area contributed by atoms with E-state index in [2.05, 4.69) is 24.5 Å². The van der Waals surface area contributed by atoms with Gasteiger partial charge in [0.25, 0.3) is 0 Å². The van der Waals surface area contributed by atoms with E-state index in [4.69, 9.17) is 16.3 Å². The van der Waals surface area contributed by atoms with E-state index in [0.29, 0.717) is 27.8 Å². The van der Waals surface area contributed by atoms with E-state index >= 15 is 0 Å². The number of methoxy groups -OCH3 is 1. The van der Waals surface area contributed by atoms with E-state index in [1.807, 2.05) is 49.5 Å². The van der Waals surface area contributed by atoms with Crippen molar-refractivity contribution in [3.05, 3.63) is 82.1 Å². The fourth-order valence-electron chi connectivity index (χ4n) is 3.36. The third-order valence-corrected chi connectivity index (χ3v) is 4.90. The Morgan fingerprint density at radius 1 is 1.11 bits per heavy atom. The summed E-state index contributed by atoms with van der Waals surface area (Å²) in [4.78, 5) is 13.4. The molecule has 0 saturated heterocycles. The summed E-state index contributed by atoms with van der Waals surface area (Å²) < 4.78 is 7.46. The minimum atomic E-state index is -0.0619. The molecule has 0 bridgehead atoms. The number of aromatic nitrogens is 1. The maximum atomic E-state index is 13.4. The van der Waals surface area contributed by atoms with Gasteiger partial charge in [-0.25, -0.2) is 0 Å². The molecule has 4 heteroatoms. The van der Waals surface area contributed by atoms with Crippen molar-refractivity contribution >= 4 is 17.4 Å². The van der Waals surface area contributed by atoms with Crippen molar-refractivity contribution in [2.75, 3.05) is 7.11 Å². The van der Waals surface area contributed by atoms with E-state index in [9.17, 15) is 4.79 Å². The molecule has 0 aliphatic heterocycles. The average Bonchev–Trinajstić information content (AvgIpc) is 3.08. The predicted molar refractivity (Wildman–Crippen MR) is 110 cm³/mol. The van der Waals surface area contributed by atoms with Crippen LogP contribution in [0, 0.1) is 12.8 Å². The maximum absolute atomic E-state index is 13.4. The number of nitrogens with zero attached hydrogens (tertiary/aromatic N) is 1. The third kappa shape index (κ3) is 3.93. The molecule has 3 rings (SSSR count). The van der Waals surface area contributed by atoms with Gasteiger partial charge in [-0.15, -0.1) is 0 Å². The van der Waals surface area contributed by atoms with Gasteiger partial charge in [0.15, 0.2) is 5.78 Å². The zero-order chi connectivity index (χ0) is 19.6. The Morgan fingerprint density at radius 3 is 2.59 bits per heavy atom. The van der Waals surface area contributed by atoms with Crippen LogP contribution in [0.4, 0.5) is 0 Å². The number of carbonyl (C=O) groups excluding carboxylic acids is 1. The van der Waals surface area contributed by atoms with Crippen LogP contribution in [0.2, 0.25) is 5.02 Å². The number of ether oxygens (including phenoxy) is 1. The molecule has 0 unspecified atom stereocenters. The second kappa shape index (κ2) is 8.01. The van der Waals surface area contributed by atoms with E-state index in [0.717, 1.165) is 17.7 Å². The summed E-state index contributed by atoms with van der Waals surface area (Å²) in [7, 11) is 1.61. The van der Waals surface area contributed by atoms with Crippen LogP contribution in [0.1, 0.15) is 41.0 Å². The van der Waals surface area contributed by atoms with Crippen molar-refractivity contribution in [3.63, 3.8) is 0 Å². The molecule has 0 aliphatic rings. The minimum absolute atomic E-state index is 0.0619. The molecular formula is C23H24ClNO2. The lowest BCUT2D eigenvalue weighted by molar-refractivity contribution is 0.103. The van der Waals surface area contributed by atoms with Crippen LogP contribution < -0.4 is 4.74 Å². The first-order valence-electron chi connectivity index (χ1n) is 9.06. The summed E-state index contributed by atoms with van der Waals surface area (Å²) in [5.41, 5.74) is 4.04. The number of hydrogen-bond donors (Lipinski definition) is 0. The van der Waals surface area contributed by atoms with E-state index in [1.165, 1.54) is 5.69 Å². The number of hydrogen-bond acceptors (Lipinski definition) is 2. The molecular weight excluding hydrogens is 358 g/mol. The van der Waals surface area contributed by atoms with Crippen LogP contribution >= 0.6 is 11.6 Å². The van der Waals surface area contributed by atoms with Gasteiger partial charge in [-0.05, 0) is 55.7 Å². The van der Waals surface area contributed by atoms with Gasteiger partial charge in [0.05, 0.1) is 12.8 Å². The molecule has 140 valence electrons. The van der Waals surface area contributed by atoms with Crippen LogP contribution in [0.3, 0.4) is 0 Å². The zero-order valence-corrected chi connectivity index (χ0v) is 16.9. The number of halogens is 1. The molecule has 0 amide bonds. The van der Waals surface area contributed by atoms with Gasteiger partial charge in [-0.3, -0.25) is 4.79 Å². The molecule has 3 nitrogen and oxygen atoms in total. The summed E-state index contributed by atoms with van der Waals surface area (Å²) in [5, 5.41) is 0.542. The molecule has 0 radical (unpaired) electrons. The van der Waals surface area contributed by atoms with Gasteiger partial charge in [-0.2, -0.15) is 0 Å². The lowest BCUT2D eigenvalue weighted by Crippen LogP contribution is -2.11. The predicted octanol–water partition coefficient (Wildman–Crippen LogP) is 5.88. The standard InChI is InChI=1S/C23H24ClNO2/c1-15(2)13-18-7-6-12-25(18)21-11-10-17(24)14-20(21)23(26)19-8-5-9-22(27-4)16(19)3/h5-12,14-15H,13H2,1-4H3. The highest BCUT2D eigenvalue weighted by Crippen LogP contribution is 2.28. The number of rotatable bonds is 6. The molecule has 0 spiro atoms. The van der Waals surface area contributed by atoms with Crippen molar-refractivity contribution in [2.24, 2.45) is 5.92 Å². The van der Waals surface area contributed by atoms with Crippen LogP contribution in [-0.4, -0.2) is 17.5 Å². The van der Waals surface area contributed by atoms with Gasteiger partial charge < -0.3 is 9.30 Å². The first kappa shape index (κ1) is 19.2. The summed E-state index contributed by atoms with van der Waals surface area (Å²) in [6.45, 7) is 6.27. The molecule has 0 aliphatic carbocycles. The number of benzene rings is 2. The molecule has 3 aromatic rings. The first-order chi connectivity index (χ1) is 12.9. The third-order valence-electron chi connectivity index (χ3n) is 4.66. The van der Waals surface area contributed by atoms with E-state index < -0.39 is 0 Å². The van der Waals surface area contributed by atoms with Gasteiger partial charge in [0, 0.05) is 33.6 Å². The molecule has 1 aromatic heterocycles. The SMILES string of the molecule is COc1cccc(C(=O)c2cc(Cl)ccc2-n2cccc2CC(C)C)c1C. The van der Waals surface area contributed by atoms with Crippen molar-refractivity contribution < 1.29 is 9.53 Å². The molecule has 0 saturated carbocycles. The van der Waals surface area contributed by atoms with Gasteiger partial charge in [0.2, 0.25) is 0 Å². The van der Waals surface area contributed by atoms with Crippen LogP contribution in [0.25, 0.3) is 5.69 Å². The highest BCUT2D eigenvalue weighted by atomic mass is 35.5. The Bertz CT molecular complexity index is 972. The fourth-order valence-corrected chi connectivity index (χ4v) is 3.53. The van der Waals surface area contributed by atoms with Crippen LogP contribution in [-0.2, 0) is 6.42 Å². The largest absolute Gasteiger partial charge is 0.496 e. The monoisotopic (exact) mass is 381 g/mol. The smallest absolute Gasteiger partial charge is 0.195 e. The van der Waals surface area contributed by atoms with Crippen LogP contribution in [0.15, 0.2) is 54.7 Å². The van der Waals surface area contributed by atoms with Crippen LogP contribution in [0.5, 0.6) is 5.75 Å². The summed E-state index contributed by atoms with van der Waals surface area (Å²) in [5.74, 6) is 1.16. The van der Waals surface area contributed by atoms with Crippen molar-refractivity contribution in [1.29, 1.82) is 0 Å². The average molecular weight is 382 g/mol. The Hall–Kier alpha value is -2.52. The van der Waals surface area contributed by atoms with E-state index in [-0.39, 0.29) is 5.78 Å². The van der Waals surface area contributed by atoms with Crippen molar-refractivity contribution in [2.45, 2.75) is 27.2 Å². The highest BCUT2D eigenvalue weighted by molar-refractivity contribution is 6.31. The Morgan fingerprint density at radius 2 is 1.89 bits per heavy atom. The Labute approximate surface area is 165 Å². The lowest BCUT2D eigenvalue weighted by atomic mass is 9.97. The quantitative estimate of drug-likeness (QED) is 0.499. The topological polar surface area (TPSA) is 31.2 Å². The number of ketones is 1. The number of carbonyl (C=O) groups is 1. The Kier molecular flexibility index (Phi) is 5.71. The lowest BCUT2D eigenvalue weighted by Gasteiger charge is -2.16. The summed E-state index contributed by atoms with van der Waals surface area (Å²) >= 11 is 6.25. The van der Waals surface area contributed by atoms with Gasteiger partial charge in [-0.1, -0.05) is 37.6 Å². The zero-order valence-electron chi connectivity index (χ0n) is 16.1. The minimum Gasteiger partial charge on any atom is -0.496 e. The second-order valence-electron chi connectivity index (χ2n) is 7.09. The van der Waals surface area contributed by atoms with Crippen molar-refractivity contribution in [1.82, 2.24) is 4.57 Å². The van der Waals surface area contributed by atoms with E-state index in [1.54, 1.807) is 13.2 Å². The van der Waals surface area contributed by atoms with Crippen molar-refractivity contribution in [3.8, 4) is 11.4 Å². The maximum Gasteiger partial charge on any atom is 0.195 e. The normalized spacial score (nSPS) is 11.0. The second-order valence-corrected chi connectivity index (χ2v) is 7.53. The summed E-state index contributed by atoms with van der Waals surface area (Å²) in [6, 6.07) is 15.1. The molecule has 1 heterocycles. The molecule has 0 atom stereocenters. The molecule has 0 fully saturated rings. The van der Waals surface area contributed by atoms with Gasteiger partial charge in [0.1, 0.15) is 5.75 Å². The summed E-state index contributed by atoms with van der Waals surface area (Å²) in [6.07, 6.45) is 2.93. The van der Waals surface area contributed by atoms with Gasteiger partial charge >= 0.3 is 0 Å². The fraction of sp³-hybridized carbons (Fsp3) is 0.261. The molecule has 0 N–H and O–H groups in total. The highest BCUT2D eigenvalue weighted by Gasteiger charge is 2.20. The Balaban J connectivity index is 2.14. The molecule has 2 aromatic carbocycles. The first-order valence-corrected chi connectivity index (χ1v) is 9.44. The molecule has 27 heavy (non-hydrogen) atoms.